The van der Waals surface area contributed by atoms with Crippen LogP contribution in [0.1, 0.15) is 22.6 Å². The van der Waals surface area contributed by atoms with E-state index in [1.165, 1.54) is 21.5 Å². The Kier molecular flexibility index (Phi) is 5.03. The number of rotatable bonds is 5. The van der Waals surface area contributed by atoms with Gasteiger partial charge < -0.3 is 10.6 Å². The van der Waals surface area contributed by atoms with Crippen molar-refractivity contribution in [3.05, 3.63) is 40.1 Å². The van der Waals surface area contributed by atoms with E-state index in [1.807, 2.05) is 18.2 Å². The normalized spacial score (nSPS) is 13.3. The van der Waals surface area contributed by atoms with E-state index < -0.39 is 0 Å². The standard InChI is InChI=1S/C17H18N2O2S2/c1-11-5-7-13(23-11)3-2-4-16(20)18-12-6-8-15-14(9-12)19-17(21)10-22-15/h5-9H,2-4,10H2,1H3,(H,18,20)(H,19,21). The Morgan fingerprint density at radius 3 is 2.96 bits per heavy atom. The Morgan fingerprint density at radius 1 is 1.30 bits per heavy atom. The minimum Gasteiger partial charge on any atom is -0.326 e. The molecule has 0 bridgehead atoms. The Balaban J connectivity index is 1.51. The summed E-state index contributed by atoms with van der Waals surface area (Å²) in [7, 11) is 0. The molecule has 0 fully saturated rings. The fourth-order valence-corrected chi connectivity index (χ4v) is 4.15. The first kappa shape index (κ1) is 16.1. The molecule has 2 heterocycles. The lowest BCUT2D eigenvalue weighted by molar-refractivity contribution is -0.116. The molecule has 0 unspecified atom stereocenters. The Bertz CT molecular complexity index is 740. The molecule has 2 N–H and O–H groups in total. The third kappa shape index (κ3) is 4.36. The molecule has 0 aliphatic carbocycles. The van der Waals surface area contributed by atoms with Gasteiger partial charge in [0.1, 0.15) is 0 Å². The van der Waals surface area contributed by atoms with E-state index in [0.29, 0.717) is 12.2 Å². The number of nitrogens with one attached hydrogen (secondary N) is 2. The van der Waals surface area contributed by atoms with Crippen LogP contribution in [-0.4, -0.2) is 17.6 Å². The molecular weight excluding hydrogens is 328 g/mol. The lowest BCUT2D eigenvalue weighted by Gasteiger charge is -2.17. The smallest absolute Gasteiger partial charge is 0.234 e. The number of amides is 2. The minimum atomic E-state index is -0.00258. The maximum atomic E-state index is 12.0. The van der Waals surface area contributed by atoms with Crippen LogP contribution in [0.4, 0.5) is 11.4 Å². The van der Waals surface area contributed by atoms with Crippen molar-refractivity contribution < 1.29 is 9.59 Å². The molecule has 1 aromatic carbocycles. The molecule has 1 aliphatic rings. The van der Waals surface area contributed by atoms with Crippen molar-refractivity contribution in [2.24, 2.45) is 0 Å². The average Bonchev–Trinajstić information content (AvgIpc) is 2.92. The summed E-state index contributed by atoms with van der Waals surface area (Å²) in [6, 6.07) is 9.87. The van der Waals surface area contributed by atoms with Gasteiger partial charge in [-0.1, -0.05) is 0 Å². The summed E-state index contributed by atoms with van der Waals surface area (Å²) >= 11 is 3.30. The lowest BCUT2D eigenvalue weighted by atomic mass is 10.2. The Labute approximate surface area is 143 Å². The summed E-state index contributed by atoms with van der Waals surface area (Å²) in [4.78, 5) is 27.1. The van der Waals surface area contributed by atoms with Crippen molar-refractivity contribution in [2.75, 3.05) is 16.4 Å². The molecule has 1 aliphatic heterocycles. The second kappa shape index (κ2) is 7.19. The van der Waals surface area contributed by atoms with Gasteiger partial charge in [0.2, 0.25) is 11.8 Å². The molecule has 2 aromatic rings. The molecule has 120 valence electrons. The number of carbonyl (C=O) groups is 2. The summed E-state index contributed by atoms with van der Waals surface area (Å²) in [5.41, 5.74) is 1.50. The van der Waals surface area contributed by atoms with Gasteiger partial charge in [-0.15, -0.1) is 23.1 Å². The molecule has 2 amide bonds. The van der Waals surface area contributed by atoms with E-state index in [1.54, 1.807) is 11.3 Å². The van der Waals surface area contributed by atoms with Crippen LogP contribution in [0, 0.1) is 6.92 Å². The van der Waals surface area contributed by atoms with E-state index in [2.05, 4.69) is 29.7 Å². The number of carbonyl (C=O) groups excluding carboxylic acids is 2. The number of fused-ring (bicyclic) bond motifs is 1. The molecule has 3 rings (SSSR count). The predicted molar refractivity (Wildman–Crippen MR) is 96.4 cm³/mol. The van der Waals surface area contributed by atoms with Crippen molar-refractivity contribution >= 4 is 46.3 Å². The van der Waals surface area contributed by atoms with Gasteiger partial charge >= 0.3 is 0 Å². The molecule has 0 saturated carbocycles. The highest BCUT2D eigenvalue weighted by Crippen LogP contribution is 2.33. The zero-order valence-electron chi connectivity index (χ0n) is 12.8. The minimum absolute atomic E-state index is 0.00258. The molecule has 23 heavy (non-hydrogen) atoms. The van der Waals surface area contributed by atoms with Crippen molar-refractivity contribution in [3.8, 4) is 0 Å². The van der Waals surface area contributed by atoms with Crippen LogP contribution in [0.5, 0.6) is 0 Å². The van der Waals surface area contributed by atoms with Crippen LogP contribution >= 0.6 is 23.1 Å². The zero-order chi connectivity index (χ0) is 16.2. The first-order valence-electron chi connectivity index (χ1n) is 7.52. The van der Waals surface area contributed by atoms with Crippen LogP contribution < -0.4 is 10.6 Å². The highest BCUT2D eigenvalue weighted by atomic mass is 32.2. The lowest BCUT2D eigenvalue weighted by Crippen LogP contribution is -2.19. The predicted octanol–water partition coefficient (Wildman–Crippen LogP) is 4.06. The van der Waals surface area contributed by atoms with Crippen LogP contribution in [0.2, 0.25) is 0 Å². The summed E-state index contributed by atoms with van der Waals surface area (Å²) < 4.78 is 0. The summed E-state index contributed by atoms with van der Waals surface area (Å²) in [5, 5.41) is 5.73. The van der Waals surface area contributed by atoms with Gasteiger partial charge in [-0.25, -0.2) is 0 Å². The quantitative estimate of drug-likeness (QED) is 0.858. The molecule has 0 saturated heterocycles. The number of anilines is 2. The number of hydrogen-bond donors (Lipinski definition) is 2. The fourth-order valence-electron chi connectivity index (χ4n) is 2.43. The number of benzene rings is 1. The fraction of sp³-hybridized carbons (Fsp3) is 0.294. The SMILES string of the molecule is Cc1ccc(CCCC(=O)Nc2ccc3c(c2)NC(=O)CS3)s1. The summed E-state index contributed by atoms with van der Waals surface area (Å²) in [5.74, 6) is 0.450. The maximum absolute atomic E-state index is 12.0. The third-order valence-corrected chi connectivity index (χ3v) is 5.65. The highest BCUT2D eigenvalue weighted by molar-refractivity contribution is 8.00. The van der Waals surface area contributed by atoms with E-state index in [-0.39, 0.29) is 11.8 Å². The molecule has 0 spiro atoms. The summed E-state index contributed by atoms with van der Waals surface area (Å²) in [6.07, 6.45) is 2.27. The molecule has 1 aromatic heterocycles. The van der Waals surface area contributed by atoms with Gasteiger partial charge in [-0.3, -0.25) is 9.59 Å². The van der Waals surface area contributed by atoms with Gasteiger partial charge in [-0.2, -0.15) is 0 Å². The Morgan fingerprint density at radius 2 is 2.17 bits per heavy atom. The van der Waals surface area contributed by atoms with Gasteiger partial charge in [0, 0.05) is 26.8 Å². The molecule has 6 heteroatoms. The van der Waals surface area contributed by atoms with Crippen LogP contribution in [0.15, 0.2) is 35.2 Å². The van der Waals surface area contributed by atoms with Crippen LogP contribution in [-0.2, 0) is 16.0 Å². The number of hydrogen-bond acceptors (Lipinski definition) is 4. The maximum Gasteiger partial charge on any atom is 0.234 e. The van der Waals surface area contributed by atoms with E-state index in [4.69, 9.17) is 0 Å². The summed E-state index contributed by atoms with van der Waals surface area (Å²) in [6.45, 7) is 2.09. The van der Waals surface area contributed by atoms with Gasteiger partial charge in [0.05, 0.1) is 11.4 Å². The van der Waals surface area contributed by atoms with Crippen molar-refractivity contribution in [2.45, 2.75) is 31.1 Å². The van der Waals surface area contributed by atoms with E-state index in [0.717, 1.165) is 29.1 Å². The van der Waals surface area contributed by atoms with Crippen LogP contribution in [0.25, 0.3) is 0 Å². The number of thiophene rings is 1. The van der Waals surface area contributed by atoms with Gasteiger partial charge in [0.15, 0.2) is 0 Å². The first-order chi connectivity index (χ1) is 11.1. The van der Waals surface area contributed by atoms with Crippen molar-refractivity contribution in [3.63, 3.8) is 0 Å². The molecule has 4 nitrogen and oxygen atoms in total. The second-order valence-electron chi connectivity index (χ2n) is 5.46. The highest BCUT2D eigenvalue weighted by Gasteiger charge is 2.15. The third-order valence-electron chi connectivity index (χ3n) is 3.52. The number of aryl methyl sites for hydroxylation is 2. The van der Waals surface area contributed by atoms with Gasteiger partial charge in [-0.05, 0) is 50.1 Å². The van der Waals surface area contributed by atoms with Gasteiger partial charge in [0.25, 0.3) is 0 Å². The first-order valence-corrected chi connectivity index (χ1v) is 9.32. The zero-order valence-corrected chi connectivity index (χ0v) is 14.5. The van der Waals surface area contributed by atoms with Crippen molar-refractivity contribution in [1.29, 1.82) is 0 Å². The molecular formula is C17H18N2O2S2. The van der Waals surface area contributed by atoms with Crippen molar-refractivity contribution in [1.82, 2.24) is 0 Å². The van der Waals surface area contributed by atoms with E-state index in [9.17, 15) is 9.59 Å². The number of thioether (sulfide) groups is 1. The molecule has 0 radical (unpaired) electrons. The largest absolute Gasteiger partial charge is 0.326 e. The second-order valence-corrected chi connectivity index (χ2v) is 7.85. The Hall–Kier alpha value is -1.79. The van der Waals surface area contributed by atoms with E-state index >= 15 is 0 Å². The topological polar surface area (TPSA) is 58.2 Å². The average molecular weight is 346 g/mol. The van der Waals surface area contributed by atoms with Crippen LogP contribution in [0.3, 0.4) is 0 Å². The molecule has 0 atom stereocenters. The monoisotopic (exact) mass is 346 g/mol.